The van der Waals surface area contributed by atoms with Crippen LogP contribution in [0.2, 0.25) is 0 Å². The lowest BCUT2D eigenvalue weighted by molar-refractivity contribution is 0.0950. The summed E-state index contributed by atoms with van der Waals surface area (Å²) in [4.78, 5) is 28.0. The van der Waals surface area contributed by atoms with Gasteiger partial charge in [0.2, 0.25) is 0 Å². The Balaban J connectivity index is 1.56. The Morgan fingerprint density at radius 2 is 1.62 bits per heavy atom. The Morgan fingerprint density at radius 1 is 0.906 bits per heavy atom. The monoisotopic (exact) mass is 431 g/mol. The predicted octanol–water partition coefficient (Wildman–Crippen LogP) is 4.92. The molecule has 0 saturated carbocycles. The topological polar surface area (TPSA) is 61.4 Å². The molecule has 1 heterocycles. The maximum Gasteiger partial charge on any atom is 0.255 e. The summed E-state index contributed by atoms with van der Waals surface area (Å²) in [6, 6.07) is 18.9. The van der Waals surface area contributed by atoms with Gasteiger partial charge in [-0.15, -0.1) is 0 Å². The van der Waals surface area contributed by atoms with E-state index >= 15 is 0 Å². The van der Waals surface area contributed by atoms with E-state index in [0.29, 0.717) is 23.4 Å². The molecule has 1 saturated heterocycles. The van der Waals surface area contributed by atoms with Crippen LogP contribution in [0.5, 0.6) is 0 Å². The van der Waals surface area contributed by atoms with Crippen molar-refractivity contribution in [2.75, 3.05) is 23.3 Å². The molecule has 164 valence electrons. The number of aryl methyl sites for hydroxylation is 1. The number of carbonyl (C=O) groups excluding carboxylic acids is 2. The van der Waals surface area contributed by atoms with E-state index in [-0.39, 0.29) is 17.6 Å². The molecule has 3 aromatic carbocycles. The van der Waals surface area contributed by atoms with Crippen LogP contribution in [0, 0.1) is 12.7 Å². The minimum Gasteiger partial charge on any atom is -0.371 e. The largest absolute Gasteiger partial charge is 0.371 e. The van der Waals surface area contributed by atoms with E-state index in [1.165, 1.54) is 12.1 Å². The molecule has 2 amide bonds. The average molecular weight is 432 g/mol. The van der Waals surface area contributed by atoms with Crippen molar-refractivity contribution in [1.29, 1.82) is 0 Å². The molecule has 1 fully saturated rings. The van der Waals surface area contributed by atoms with Gasteiger partial charge in [0.25, 0.3) is 11.8 Å². The molecule has 5 nitrogen and oxygen atoms in total. The Morgan fingerprint density at radius 3 is 2.34 bits per heavy atom. The molecule has 0 aliphatic carbocycles. The van der Waals surface area contributed by atoms with Crippen LogP contribution in [0.4, 0.5) is 15.8 Å². The van der Waals surface area contributed by atoms with Crippen LogP contribution in [0.1, 0.15) is 44.7 Å². The standard InChI is InChI=1S/C26H26FN3O2/c1-18-6-2-3-7-22(18)26(32)29-21-12-13-24(30-14-4-5-15-30)23(16-21)25(31)28-17-19-8-10-20(27)11-9-19/h2-3,6-13,16H,4-5,14-15,17H2,1H3,(H,28,31)(H,29,32). The van der Waals surface area contributed by atoms with E-state index < -0.39 is 0 Å². The Bertz CT molecular complexity index is 1120. The zero-order valence-electron chi connectivity index (χ0n) is 18.0. The number of anilines is 2. The number of carbonyl (C=O) groups is 2. The molecule has 0 atom stereocenters. The summed E-state index contributed by atoms with van der Waals surface area (Å²) in [7, 11) is 0. The molecule has 0 bridgehead atoms. The third kappa shape index (κ3) is 4.97. The van der Waals surface area contributed by atoms with E-state index in [9.17, 15) is 14.0 Å². The smallest absolute Gasteiger partial charge is 0.255 e. The van der Waals surface area contributed by atoms with Gasteiger partial charge in [0.05, 0.1) is 5.56 Å². The lowest BCUT2D eigenvalue weighted by Crippen LogP contribution is -2.27. The van der Waals surface area contributed by atoms with Gasteiger partial charge in [-0.3, -0.25) is 9.59 Å². The Hall–Kier alpha value is -3.67. The number of hydrogen-bond acceptors (Lipinski definition) is 3. The molecule has 1 aliphatic rings. The van der Waals surface area contributed by atoms with Gasteiger partial charge in [0.15, 0.2) is 0 Å². The summed E-state index contributed by atoms with van der Waals surface area (Å²) in [6.07, 6.45) is 2.17. The van der Waals surface area contributed by atoms with Crippen molar-refractivity contribution in [2.45, 2.75) is 26.3 Å². The first kappa shape index (κ1) is 21.6. The van der Waals surface area contributed by atoms with Crippen LogP contribution >= 0.6 is 0 Å². The second kappa shape index (κ2) is 9.64. The summed E-state index contributed by atoms with van der Waals surface area (Å²) >= 11 is 0. The van der Waals surface area contributed by atoms with Crippen molar-refractivity contribution in [3.8, 4) is 0 Å². The number of halogens is 1. The van der Waals surface area contributed by atoms with Crippen molar-refractivity contribution < 1.29 is 14.0 Å². The average Bonchev–Trinajstić information content (AvgIpc) is 3.33. The van der Waals surface area contributed by atoms with Crippen molar-refractivity contribution in [2.24, 2.45) is 0 Å². The number of rotatable bonds is 6. The van der Waals surface area contributed by atoms with E-state index in [4.69, 9.17) is 0 Å². The van der Waals surface area contributed by atoms with Gasteiger partial charge in [-0.25, -0.2) is 4.39 Å². The molecular weight excluding hydrogens is 405 g/mol. The van der Waals surface area contributed by atoms with Crippen LogP contribution in [-0.4, -0.2) is 24.9 Å². The molecule has 6 heteroatoms. The fourth-order valence-electron chi connectivity index (χ4n) is 3.94. The fraction of sp³-hybridized carbons (Fsp3) is 0.231. The second-order valence-electron chi connectivity index (χ2n) is 8.00. The molecule has 2 N–H and O–H groups in total. The zero-order valence-corrected chi connectivity index (χ0v) is 18.0. The number of amides is 2. The van der Waals surface area contributed by atoms with Gasteiger partial charge in [0.1, 0.15) is 5.82 Å². The Labute approximate surface area is 187 Å². The lowest BCUT2D eigenvalue weighted by Gasteiger charge is -2.22. The van der Waals surface area contributed by atoms with Crippen molar-refractivity contribution in [3.05, 3.63) is 94.8 Å². The first-order valence-electron chi connectivity index (χ1n) is 10.8. The summed E-state index contributed by atoms with van der Waals surface area (Å²) in [5.41, 5.74) is 4.22. The van der Waals surface area contributed by atoms with E-state index in [2.05, 4.69) is 15.5 Å². The highest BCUT2D eigenvalue weighted by Gasteiger charge is 2.21. The number of nitrogens with zero attached hydrogens (tertiary/aromatic N) is 1. The van der Waals surface area contributed by atoms with Gasteiger partial charge in [-0.1, -0.05) is 30.3 Å². The van der Waals surface area contributed by atoms with Crippen molar-refractivity contribution in [1.82, 2.24) is 5.32 Å². The third-order valence-corrected chi connectivity index (χ3v) is 5.70. The van der Waals surface area contributed by atoms with Crippen LogP contribution in [0.3, 0.4) is 0 Å². The molecule has 0 aromatic heterocycles. The highest BCUT2D eigenvalue weighted by atomic mass is 19.1. The first-order chi connectivity index (χ1) is 15.5. The molecule has 32 heavy (non-hydrogen) atoms. The van der Waals surface area contributed by atoms with Crippen LogP contribution < -0.4 is 15.5 Å². The van der Waals surface area contributed by atoms with Gasteiger partial charge in [0, 0.05) is 36.6 Å². The molecule has 4 rings (SSSR count). The minimum absolute atomic E-state index is 0.213. The van der Waals surface area contributed by atoms with E-state index in [1.807, 2.05) is 37.3 Å². The van der Waals surface area contributed by atoms with Gasteiger partial charge in [-0.05, 0) is 67.3 Å². The molecule has 1 aliphatic heterocycles. The first-order valence-corrected chi connectivity index (χ1v) is 10.8. The quantitative estimate of drug-likeness (QED) is 0.583. The van der Waals surface area contributed by atoms with Crippen LogP contribution in [0.25, 0.3) is 0 Å². The van der Waals surface area contributed by atoms with Crippen molar-refractivity contribution in [3.63, 3.8) is 0 Å². The summed E-state index contributed by atoms with van der Waals surface area (Å²) in [5, 5.41) is 5.83. The molecule has 0 radical (unpaired) electrons. The number of hydrogen-bond donors (Lipinski definition) is 2. The number of benzene rings is 3. The maximum absolute atomic E-state index is 13.1. The van der Waals surface area contributed by atoms with Gasteiger partial charge < -0.3 is 15.5 Å². The maximum atomic E-state index is 13.1. The highest BCUT2D eigenvalue weighted by molar-refractivity contribution is 6.07. The predicted molar refractivity (Wildman–Crippen MR) is 125 cm³/mol. The van der Waals surface area contributed by atoms with E-state index in [0.717, 1.165) is 42.7 Å². The Kier molecular flexibility index (Phi) is 6.50. The summed E-state index contributed by atoms with van der Waals surface area (Å²) < 4.78 is 13.1. The number of nitrogens with one attached hydrogen (secondary N) is 2. The van der Waals surface area contributed by atoms with Gasteiger partial charge >= 0.3 is 0 Å². The summed E-state index contributed by atoms with van der Waals surface area (Å²) in [5.74, 6) is -0.758. The minimum atomic E-state index is -0.312. The fourth-order valence-corrected chi connectivity index (χ4v) is 3.94. The van der Waals surface area contributed by atoms with Crippen molar-refractivity contribution >= 4 is 23.2 Å². The third-order valence-electron chi connectivity index (χ3n) is 5.70. The molecular formula is C26H26FN3O2. The molecule has 3 aromatic rings. The van der Waals surface area contributed by atoms with E-state index in [1.54, 1.807) is 24.3 Å². The molecule has 0 unspecified atom stereocenters. The van der Waals surface area contributed by atoms with Crippen LogP contribution in [-0.2, 0) is 6.54 Å². The van der Waals surface area contributed by atoms with Gasteiger partial charge in [-0.2, -0.15) is 0 Å². The second-order valence-corrected chi connectivity index (χ2v) is 8.00. The summed E-state index contributed by atoms with van der Waals surface area (Å²) in [6.45, 7) is 3.97. The zero-order chi connectivity index (χ0) is 22.5. The highest BCUT2D eigenvalue weighted by Crippen LogP contribution is 2.28. The van der Waals surface area contributed by atoms with Crippen LogP contribution in [0.15, 0.2) is 66.7 Å². The SMILES string of the molecule is Cc1ccccc1C(=O)Nc1ccc(N2CCCC2)c(C(=O)NCc2ccc(F)cc2)c1. The molecule has 0 spiro atoms. The lowest BCUT2D eigenvalue weighted by atomic mass is 10.1. The normalized spacial score (nSPS) is 13.1.